The lowest BCUT2D eigenvalue weighted by atomic mass is 9.92. The van der Waals surface area contributed by atoms with E-state index in [2.05, 4.69) is 9.71 Å². The van der Waals surface area contributed by atoms with Gasteiger partial charge in [-0.05, 0) is 43.0 Å². The number of piperidine rings is 1. The summed E-state index contributed by atoms with van der Waals surface area (Å²) >= 11 is 0. The number of aromatic nitrogens is 1. The normalized spacial score (nSPS) is 19.7. The molecule has 0 bridgehead atoms. The molecule has 0 aliphatic carbocycles. The first-order chi connectivity index (χ1) is 13.9. The zero-order valence-corrected chi connectivity index (χ0v) is 17.6. The SMILES string of the molecule is CCOC(=O)N1CCCC(NS(C)(=O)=O)C1Cc1cc(-c2ccccc2)ccn1. The first kappa shape index (κ1) is 21.3. The summed E-state index contributed by atoms with van der Waals surface area (Å²) in [6.07, 6.45) is 4.27. The van der Waals surface area contributed by atoms with Gasteiger partial charge in [0.1, 0.15) is 0 Å². The molecule has 29 heavy (non-hydrogen) atoms. The second-order valence-electron chi connectivity index (χ2n) is 7.20. The summed E-state index contributed by atoms with van der Waals surface area (Å²) in [6.45, 7) is 2.56. The number of hydrogen-bond acceptors (Lipinski definition) is 5. The number of pyridine rings is 1. The van der Waals surface area contributed by atoms with Gasteiger partial charge in [0, 0.05) is 30.9 Å². The topological polar surface area (TPSA) is 88.6 Å². The zero-order chi connectivity index (χ0) is 20.9. The van der Waals surface area contributed by atoms with Gasteiger partial charge in [-0.3, -0.25) is 4.98 Å². The van der Waals surface area contributed by atoms with Gasteiger partial charge in [0.2, 0.25) is 10.0 Å². The average molecular weight is 418 g/mol. The van der Waals surface area contributed by atoms with Crippen molar-refractivity contribution in [1.82, 2.24) is 14.6 Å². The number of rotatable bonds is 6. The lowest BCUT2D eigenvalue weighted by Crippen LogP contribution is -2.57. The molecular weight excluding hydrogens is 390 g/mol. The average Bonchev–Trinajstić information content (AvgIpc) is 2.69. The molecule has 1 amide bonds. The van der Waals surface area contributed by atoms with Crippen molar-refractivity contribution in [2.45, 2.75) is 38.3 Å². The Morgan fingerprint density at radius 3 is 2.69 bits per heavy atom. The molecule has 0 saturated carbocycles. The Balaban J connectivity index is 1.89. The van der Waals surface area contributed by atoms with Crippen molar-refractivity contribution in [2.24, 2.45) is 0 Å². The quantitative estimate of drug-likeness (QED) is 0.781. The van der Waals surface area contributed by atoms with Gasteiger partial charge in [-0.1, -0.05) is 30.3 Å². The maximum absolute atomic E-state index is 12.5. The minimum atomic E-state index is -3.41. The van der Waals surface area contributed by atoms with E-state index in [1.165, 1.54) is 0 Å². The van der Waals surface area contributed by atoms with Crippen LogP contribution < -0.4 is 4.72 Å². The van der Waals surface area contributed by atoms with Crippen molar-refractivity contribution in [2.75, 3.05) is 19.4 Å². The van der Waals surface area contributed by atoms with Crippen molar-refractivity contribution < 1.29 is 17.9 Å². The molecule has 1 aliphatic rings. The number of ether oxygens (including phenoxy) is 1. The summed E-state index contributed by atoms with van der Waals surface area (Å²) in [5.41, 5.74) is 2.91. The van der Waals surface area contributed by atoms with E-state index in [9.17, 15) is 13.2 Å². The lowest BCUT2D eigenvalue weighted by Gasteiger charge is -2.40. The highest BCUT2D eigenvalue weighted by Crippen LogP contribution is 2.25. The standard InChI is InChI=1S/C21H27N3O4S/c1-3-28-21(25)24-13-7-10-19(23-29(2,26)27)20(24)15-18-14-17(11-12-22-18)16-8-5-4-6-9-16/h4-6,8-9,11-12,14,19-20,23H,3,7,10,13,15H2,1-2H3. The Hall–Kier alpha value is -2.45. The van der Waals surface area contributed by atoms with Gasteiger partial charge in [-0.2, -0.15) is 0 Å². The van der Waals surface area contributed by atoms with E-state index < -0.39 is 16.1 Å². The van der Waals surface area contributed by atoms with E-state index in [4.69, 9.17) is 4.74 Å². The number of likely N-dealkylation sites (tertiary alicyclic amines) is 1. The second kappa shape index (κ2) is 9.37. The Morgan fingerprint density at radius 2 is 2.00 bits per heavy atom. The summed E-state index contributed by atoms with van der Waals surface area (Å²) in [5.74, 6) is 0. The first-order valence-electron chi connectivity index (χ1n) is 9.78. The lowest BCUT2D eigenvalue weighted by molar-refractivity contribution is 0.0676. The van der Waals surface area contributed by atoms with E-state index in [0.29, 0.717) is 25.8 Å². The predicted octanol–water partition coefficient (Wildman–Crippen LogP) is 2.83. The number of nitrogens with zero attached hydrogens (tertiary/aromatic N) is 2. The number of sulfonamides is 1. The van der Waals surface area contributed by atoms with Gasteiger partial charge < -0.3 is 9.64 Å². The summed E-state index contributed by atoms with van der Waals surface area (Å²) in [4.78, 5) is 18.6. The van der Waals surface area contributed by atoms with Crippen LogP contribution in [0.4, 0.5) is 4.79 Å². The van der Waals surface area contributed by atoms with Crippen molar-refractivity contribution >= 4 is 16.1 Å². The van der Waals surface area contributed by atoms with Crippen LogP contribution in [0.1, 0.15) is 25.5 Å². The van der Waals surface area contributed by atoms with Crippen LogP contribution in [0.15, 0.2) is 48.7 Å². The molecule has 7 nitrogen and oxygen atoms in total. The molecule has 1 fully saturated rings. The van der Waals surface area contributed by atoms with Crippen LogP contribution in [-0.2, 0) is 21.2 Å². The summed E-state index contributed by atoms with van der Waals surface area (Å²) in [5, 5.41) is 0. The van der Waals surface area contributed by atoms with Gasteiger partial charge in [0.25, 0.3) is 0 Å². The Morgan fingerprint density at radius 1 is 1.24 bits per heavy atom. The minimum absolute atomic E-state index is 0.272. The third kappa shape index (κ3) is 5.77. The van der Waals surface area contributed by atoms with Crippen LogP contribution in [0.2, 0.25) is 0 Å². The Kier molecular flexibility index (Phi) is 6.87. The maximum Gasteiger partial charge on any atom is 0.410 e. The van der Waals surface area contributed by atoms with Gasteiger partial charge in [-0.25, -0.2) is 17.9 Å². The van der Waals surface area contributed by atoms with E-state index >= 15 is 0 Å². The molecule has 1 aromatic heterocycles. The van der Waals surface area contributed by atoms with Crippen LogP contribution in [0, 0.1) is 0 Å². The molecule has 8 heteroatoms. The van der Waals surface area contributed by atoms with Crippen LogP contribution in [0.25, 0.3) is 11.1 Å². The van der Waals surface area contributed by atoms with Crippen LogP contribution in [0.3, 0.4) is 0 Å². The molecule has 2 heterocycles. The van der Waals surface area contributed by atoms with Gasteiger partial charge in [0.15, 0.2) is 0 Å². The van der Waals surface area contributed by atoms with E-state index in [1.54, 1.807) is 18.0 Å². The molecule has 0 radical (unpaired) electrons. The van der Waals surface area contributed by atoms with E-state index in [-0.39, 0.29) is 18.7 Å². The molecule has 2 aromatic rings. The molecule has 1 N–H and O–H groups in total. The van der Waals surface area contributed by atoms with Gasteiger partial charge in [0.05, 0.1) is 18.9 Å². The van der Waals surface area contributed by atoms with Crippen LogP contribution in [-0.4, -0.2) is 55.9 Å². The fraction of sp³-hybridized carbons (Fsp3) is 0.429. The molecule has 156 valence electrons. The molecule has 0 spiro atoms. The van der Waals surface area contributed by atoms with Crippen molar-refractivity contribution in [3.63, 3.8) is 0 Å². The van der Waals surface area contributed by atoms with Crippen molar-refractivity contribution in [3.05, 3.63) is 54.4 Å². The van der Waals surface area contributed by atoms with Crippen LogP contribution >= 0.6 is 0 Å². The molecule has 1 aromatic carbocycles. The number of carbonyl (C=O) groups excluding carboxylic acids is 1. The third-order valence-corrected chi connectivity index (χ3v) is 5.72. The monoisotopic (exact) mass is 417 g/mol. The molecule has 1 aliphatic heterocycles. The Bertz CT molecular complexity index is 934. The Labute approximate surface area is 172 Å². The summed E-state index contributed by atoms with van der Waals surface area (Å²) in [6, 6.07) is 13.2. The first-order valence-corrected chi connectivity index (χ1v) is 11.7. The number of carbonyl (C=O) groups is 1. The number of amides is 1. The maximum atomic E-state index is 12.5. The van der Waals surface area contributed by atoms with E-state index in [0.717, 1.165) is 23.1 Å². The highest BCUT2D eigenvalue weighted by atomic mass is 32.2. The molecular formula is C21H27N3O4S. The summed E-state index contributed by atoms with van der Waals surface area (Å²) in [7, 11) is -3.41. The van der Waals surface area contributed by atoms with Crippen molar-refractivity contribution in [3.8, 4) is 11.1 Å². The largest absolute Gasteiger partial charge is 0.450 e. The highest BCUT2D eigenvalue weighted by molar-refractivity contribution is 7.88. The molecule has 3 rings (SSSR count). The molecule has 1 saturated heterocycles. The second-order valence-corrected chi connectivity index (χ2v) is 8.98. The molecule has 2 atom stereocenters. The minimum Gasteiger partial charge on any atom is -0.450 e. The molecule has 2 unspecified atom stereocenters. The predicted molar refractivity (Wildman–Crippen MR) is 112 cm³/mol. The van der Waals surface area contributed by atoms with Gasteiger partial charge in [-0.15, -0.1) is 0 Å². The zero-order valence-electron chi connectivity index (χ0n) is 16.7. The van der Waals surface area contributed by atoms with E-state index in [1.807, 2.05) is 42.5 Å². The fourth-order valence-electron chi connectivity index (χ4n) is 3.77. The summed E-state index contributed by atoms with van der Waals surface area (Å²) < 4.78 is 31.7. The number of nitrogens with one attached hydrogen (secondary N) is 1. The van der Waals surface area contributed by atoms with Crippen LogP contribution in [0.5, 0.6) is 0 Å². The highest BCUT2D eigenvalue weighted by Gasteiger charge is 2.36. The number of hydrogen-bond donors (Lipinski definition) is 1. The van der Waals surface area contributed by atoms with Gasteiger partial charge >= 0.3 is 6.09 Å². The smallest absolute Gasteiger partial charge is 0.410 e. The number of benzene rings is 1. The fourth-order valence-corrected chi connectivity index (χ4v) is 4.59. The van der Waals surface area contributed by atoms with Crippen molar-refractivity contribution in [1.29, 1.82) is 0 Å². The third-order valence-electron chi connectivity index (χ3n) is 4.99.